The van der Waals surface area contributed by atoms with E-state index in [-0.39, 0.29) is 30.0 Å². The van der Waals surface area contributed by atoms with Gasteiger partial charge in [0.05, 0.1) is 25.3 Å². The monoisotopic (exact) mass is 378 g/mol. The lowest BCUT2D eigenvalue weighted by Crippen LogP contribution is -2.53. The summed E-state index contributed by atoms with van der Waals surface area (Å²) in [7, 11) is 0. The number of rotatable bonds is 4. The summed E-state index contributed by atoms with van der Waals surface area (Å²) in [6, 6.07) is 4.91. The molecule has 1 aromatic carbocycles. The highest BCUT2D eigenvalue weighted by Gasteiger charge is 2.40. The first-order chi connectivity index (χ1) is 12.8. The molecular weight excluding hydrogens is 347 g/mol. The van der Waals surface area contributed by atoms with Crippen LogP contribution in [0.2, 0.25) is 0 Å². The molecule has 0 saturated carbocycles. The molecule has 0 spiro atoms. The van der Waals surface area contributed by atoms with E-state index in [2.05, 4.69) is 12.2 Å². The van der Waals surface area contributed by atoms with Crippen molar-refractivity contribution in [2.45, 2.75) is 70.7 Å². The zero-order chi connectivity index (χ0) is 19.6. The van der Waals surface area contributed by atoms with Crippen LogP contribution in [0.25, 0.3) is 0 Å². The summed E-state index contributed by atoms with van der Waals surface area (Å²) >= 11 is 0. The minimum absolute atomic E-state index is 0.0707. The summed E-state index contributed by atoms with van der Waals surface area (Å²) in [5, 5.41) is 3.42. The minimum atomic E-state index is -0.573. The Morgan fingerprint density at radius 2 is 2.15 bits per heavy atom. The van der Waals surface area contributed by atoms with Gasteiger partial charge in [-0.15, -0.1) is 0 Å². The average molecular weight is 378 g/mol. The Balaban J connectivity index is 1.88. The van der Waals surface area contributed by atoms with E-state index in [9.17, 15) is 9.18 Å². The summed E-state index contributed by atoms with van der Waals surface area (Å²) in [5.41, 5.74) is 1.43. The Bertz CT molecular complexity index is 672. The molecule has 2 unspecified atom stereocenters. The Hall–Kier alpha value is -1.66. The topological polar surface area (TPSA) is 50.8 Å². The number of amides is 1. The summed E-state index contributed by atoms with van der Waals surface area (Å²) in [6.45, 7) is 9.70. The van der Waals surface area contributed by atoms with E-state index < -0.39 is 5.60 Å². The van der Waals surface area contributed by atoms with Crippen LogP contribution in [-0.4, -0.2) is 48.4 Å². The molecule has 2 aliphatic rings. The van der Waals surface area contributed by atoms with Crippen molar-refractivity contribution in [2.24, 2.45) is 0 Å². The third-order valence-corrected chi connectivity index (χ3v) is 5.16. The Morgan fingerprint density at radius 1 is 1.37 bits per heavy atom. The van der Waals surface area contributed by atoms with Gasteiger partial charge in [0.15, 0.2) is 0 Å². The van der Waals surface area contributed by atoms with E-state index in [1.54, 1.807) is 6.07 Å². The molecule has 1 N–H and O–H groups in total. The molecule has 1 fully saturated rings. The van der Waals surface area contributed by atoms with Crippen LogP contribution in [0, 0.1) is 5.82 Å². The lowest BCUT2D eigenvalue weighted by atomic mass is 10.00. The number of hydrogen-bond donors (Lipinski definition) is 1. The summed E-state index contributed by atoms with van der Waals surface area (Å²) in [6.07, 6.45) is 2.04. The van der Waals surface area contributed by atoms with Gasteiger partial charge in [0.1, 0.15) is 11.4 Å². The van der Waals surface area contributed by atoms with Crippen molar-refractivity contribution in [3.05, 3.63) is 35.1 Å². The third-order valence-electron chi connectivity index (χ3n) is 5.16. The van der Waals surface area contributed by atoms with Crippen molar-refractivity contribution < 1.29 is 18.7 Å². The zero-order valence-electron chi connectivity index (χ0n) is 16.8. The summed E-state index contributed by atoms with van der Waals surface area (Å²) in [4.78, 5) is 15.0. The summed E-state index contributed by atoms with van der Waals surface area (Å²) < 4.78 is 25.2. The largest absolute Gasteiger partial charge is 0.444 e. The van der Waals surface area contributed by atoms with Gasteiger partial charge in [-0.05, 0) is 69.8 Å². The highest BCUT2D eigenvalue weighted by Crippen LogP contribution is 2.39. The molecule has 1 saturated heterocycles. The van der Waals surface area contributed by atoms with Crippen molar-refractivity contribution in [1.29, 1.82) is 0 Å². The molecular formula is C21H31FN2O3. The fourth-order valence-corrected chi connectivity index (χ4v) is 4.13. The van der Waals surface area contributed by atoms with Crippen molar-refractivity contribution in [1.82, 2.24) is 10.2 Å². The Kier molecular flexibility index (Phi) is 6.06. The lowest BCUT2D eigenvalue weighted by molar-refractivity contribution is -0.0362. The van der Waals surface area contributed by atoms with Gasteiger partial charge in [-0.1, -0.05) is 13.0 Å². The number of halogens is 1. The van der Waals surface area contributed by atoms with Gasteiger partial charge >= 0.3 is 6.09 Å². The molecule has 3 rings (SSSR count). The first-order valence-corrected chi connectivity index (χ1v) is 9.89. The maximum absolute atomic E-state index is 13.6. The van der Waals surface area contributed by atoms with Gasteiger partial charge in [-0.25, -0.2) is 9.18 Å². The fourth-order valence-electron chi connectivity index (χ4n) is 4.13. The van der Waals surface area contributed by atoms with Gasteiger partial charge in [0.2, 0.25) is 0 Å². The number of benzene rings is 1. The molecule has 1 aliphatic carbocycles. The van der Waals surface area contributed by atoms with Crippen LogP contribution in [0.5, 0.6) is 0 Å². The van der Waals surface area contributed by atoms with E-state index in [1.807, 2.05) is 31.7 Å². The normalized spacial score (nSPS) is 25.1. The predicted octanol–water partition coefficient (Wildman–Crippen LogP) is 3.82. The second-order valence-corrected chi connectivity index (χ2v) is 8.47. The molecule has 150 valence electrons. The van der Waals surface area contributed by atoms with Crippen LogP contribution < -0.4 is 5.32 Å². The number of nitrogens with one attached hydrogen (secondary N) is 1. The molecule has 1 amide bonds. The molecule has 0 aromatic heterocycles. The number of likely N-dealkylation sites (N-methyl/N-ethyl adjacent to an activating group) is 1. The minimum Gasteiger partial charge on any atom is -0.444 e. The van der Waals surface area contributed by atoms with Gasteiger partial charge in [0, 0.05) is 6.04 Å². The van der Waals surface area contributed by atoms with Gasteiger partial charge < -0.3 is 14.8 Å². The van der Waals surface area contributed by atoms with Crippen LogP contribution in [0.3, 0.4) is 0 Å². The molecule has 0 radical (unpaired) electrons. The van der Waals surface area contributed by atoms with Crippen molar-refractivity contribution in [3.63, 3.8) is 0 Å². The number of ether oxygens (including phenoxy) is 2. The fraction of sp³-hybridized carbons (Fsp3) is 0.667. The quantitative estimate of drug-likeness (QED) is 0.865. The molecule has 27 heavy (non-hydrogen) atoms. The lowest BCUT2D eigenvalue weighted by Gasteiger charge is -2.41. The predicted molar refractivity (Wildman–Crippen MR) is 102 cm³/mol. The Morgan fingerprint density at radius 3 is 2.85 bits per heavy atom. The van der Waals surface area contributed by atoms with E-state index in [4.69, 9.17) is 9.47 Å². The number of carbonyl (C=O) groups excluding carboxylic acids is 1. The van der Waals surface area contributed by atoms with Crippen molar-refractivity contribution >= 4 is 6.09 Å². The third kappa shape index (κ3) is 4.79. The number of aryl methyl sites for hydroxylation is 1. The van der Waals surface area contributed by atoms with Crippen molar-refractivity contribution in [2.75, 3.05) is 19.8 Å². The first kappa shape index (κ1) is 20.1. The highest BCUT2D eigenvalue weighted by atomic mass is 19.1. The van der Waals surface area contributed by atoms with E-state index in [1.165, 1.54) is 6.07 Å². The number of hydrogen-bond acceptors (Lipinski definition) is 4. The van der Waals surface area contributed by atoms with Crippen LogP contribution in [0.15, 0.2) is 18.2 Å². The zero-order valence-corrected chi connectivity index (χ0v) is 16.8. The van der Waals surface area contributed by atoms with Gasteiger partial charge in [-0.2, -0.15) is 0 Å². The second-order valence-electron chi connectivity index (χ2n) is 8.47. The van der Waals surface area contributed by atoms with Crippen LogP contribution in [0.1, 0.15) is 57.7 Å². The molecule has 3 atom stereocenters. The maximum atomic E-state index is 13.6. The van der Waals surface area contributed by atoms with Gasteiger partial charge in [-0.3, -0.25) is 4.90 Å². The maximum Gasteiger partial charge on any atom is 0.411 e. The number of fused-ring (bicyclic) bond motifs is 1. The van der Waals surface area contributed by atoms with Gasteiger partial charge in [0.25, 0.3) is 0 Å². The first-order valence-electron chi connectivity index (χ1n) is 9.89. The van der Waals surface area contributed by atoms with E-state index >= 15 is 0 Å². The van der Waals surface area contributed by atoms with Crippen LogP contribution in [-0.2, 0) is 15.9 Å². The molecule has 6 heteroatoms. The molecule has 1 heterocycles. The average Bonchev–Trinajstić information content (AvgIpc) is 2.97. The van der Waals surface area contributed by atoms with E-state index in [0.717, 1.165) is 36.9 Å². The SMILES string of the molecule is CCNC1COCC(N(C(=O)OC(C)(C)C)[C@@H]2CCc3cc(F)ccc32)C1. The molecule has 5 nitrogen and oxygen atoms in total. The van der Waals surface area contributed by atoms with E-state index in [0.29, 0.717) is 13.2 Å². The molecule has 0 bridgehead atoms. The number of nitrogens with zero attached hydrogens (tertiary/aromatic N) is 1. The highest BCUT2D eigenvalue weighted by molar-refractivity contribution is 5.70. The summed E-state index contributed by atoms with van der Waals surface area (Å²) in [5.74, 6) is -0.230. The molecule has 1 aliphatic heterocycles. The second kappa shape index (κ2) is 8.15. The number of carbonyl (C=O) groups is 1. The standard InChI is InChI=1S/C21H31FN2O3/c1-5-23-16-11-17(13-26-12-16)24(20(25)27-21(2,3)4)19-9-6-14-10-15(22)7-8-18(14)19/h7-8,10,16-17,19,23H,5-6,9,11-13H2,1-4H3/t16?,17?,19-/m1/s1. The van der Waals surface area contributed by atoms with Crippen LogP contribution >= 0.6 is 0 Å². The Labute approximate surface area is 161 Å². The smallest absolute Gasteiger partial charge is 0.411 e. The van der Waals surface area contributed by atoms with Crippen LogP contribution in [0.4, 0.5) is 9.18 Å². The molecule has 1 aromatic rings. The van der Waals surface area contributed by atoms with Crippen molar-refractivity contribution in [3.8, 4) is 0 Å².